The van der Waals surface area contributed by atoms with Crippen LogP contribution in [0.1, 0.15) is 20.3 Å². The van der Waals surface area contributed by atoms with Crippen LogP contribution in [-0.2, 0) is 4.79 Å². The number of nitrogens with zero attached hydrogens (tertiary/aromatic N) is 1. The SMILES string of the molecule is CC[C@H](C)NC(=O)COc1cccc(-c2ccncc2)c1. The molecule has 0 bridgehead atoms. The van der Waals surface area contributed by atoms with Crippen LogP contribution in [0.2, 0.25) is 0 Å². The van der Waals surface area contributed by atoms with Crippen LogP contribution in [0.15, 0.2) is 48.8 Å². The van der Waals surface area contributed by atoms with E-state index in [0.717, 1.165) is 17.5 Å². The van der Waals surface area contributed by atoms with Crippen LogP contribution in [0.25, 0.3) is 11.1 Å². The highest BCUT2D eigenvalue weighted by Gasteiger charge is 2.06. The third kappa shape index (κ3) is 4.60. The van der Waals surface area contributed by atoms with Crippen molar-refractivity contribution >= 4 is 5.91 Å². The fraction of sp³-hybridized carbons (Fsp3) is 0.294. The van der Waals surface area contributed by atoms with Gasteiger partial charge in [0.15, 0.2) is 6.61 Å². The molecule has 1 N–H and O–H groups in total. The Morgan fingerprint density at radius 2 is 2.00 bits per heavy atom. The quantitative estimate of drug-likeness (QED) is 0.887. The Morgan fingerprint density at radius 3 is 2.71 bits per heavy atom. The summed E-state index contributed by atoms with van der Waals surface area (Å²) in [4.78, 5) is 15.7. The molecule has 0 radical (unpaired) electrons. The number of benzene rings is 1. The van der Waals surface area contributed by atoms with E-state index in [9.17, 15) is 4.79 Å². The molecule has 0 spiro atoms. The number of carbonyl (C=O) groups is 1. The number of aromatic nitrogens is 1. The Kier molecular flexibility index (Phi) is 5.32. The topological polar surface area (TPSA) is 51.2 Å². The second kappa shape index (κ2) is 7.43. The van der Waals surface area contributed by atoms with E-state index in [0.29, 0.717) is 5.75 Å². The molecule has 1 heterocycles. The Morgan fingerprint density at radius 1 is 1.24 bits per heavy atom. The minimum absolute atomic E-state index is 0.0319. The molecular weight excluding hydrogens is 264 g/mol. The Bertz CT molecular complexity index is 584. The Labute approximate surface area is 125 Å². The van der Waals surface area contributed by atoms with Gasteiger partial charge >= 0.3 is 0 Å². The lowest BCUT2D eigenvalue weighted by atomic mass is 10.1. The number of amides is 1. The molecule has 1 amide bonds. The van der Waals surface area contributed by atoms with E-state index < -0.39 is 0 Å². The van der Waals surface area contributed by atoms with Crippen molar-refractivity contribution in [1.29, 1.82) is 0 Å². The highest BCUT2D eigenvalue weighted by atomic mass is 16.5. The largest absolute Gasteiger partial charge is 0.484 e. The second-order valence-electron chi connectivity index (χ2n) is 4.93. The number of nitrogens with one attached hydrogen (secondary N) is 1. The highest BCUT2D eigenvalue weighted by molar-refractivity contribution is 5.77. The molecule has 2 aromatic rings. The van der Waals surface area contributed by atoms with Crippen LogP contribution in [0, 0.1) is 0 Å². The van der Waals surface area contributed by atoms with Gasteiger partial charge in [-0.15, -0.1) is 0 Å². The van der Waals surface area contributed by atoms with Crippen molar-refractivity contribution in [3.05, 3.63) is 48.8 Å². The van der Waals surface area contributed by atoms with Gasteiger partial charge in [-0.05, 0) is 48.7 Å². The predicted molar refractivity (Wildman–Crippen MR) is 83.1 cm³/mol. The molecule has 4 heteroatoms. The molecule has 0 fully saturated rings. The first kappa shape index (κ1) is 15.0. The molecule has 1 aromatic carbocycles. The molecule has 2 rings (SSSR count). The van der Waals surface area contributed by atoms with Crippen LogP contribution >= 0.6 is 0 Å². The zero-order valence-corrected chi connectivity index (χ0v) is 12.4. The summed E-state index contributed by atoms with van der Waals surface area (Å²) < 4.78 is 5.55. The van der Waals surface area contributed by atoms with Gasteiger partial charge in [0.2, 0.25) is 0 Å². The first-order valence-electron chi connectivity index (χ1n) is 7.11. The van der Waals surface area contributed by atoms with E-state index in [-0.39, 0.29) is 18.6 Å². The van der Waals surface area contributed by atoms with Gasteiger partial charge in [-0.25, -0.2) is 0 Å². The molecule has 21 heavy (non-hydrogen) atoms. The minimum atomic E-state index is -0.0985. The molecule has 1 atom stereocenters. The number of carbonyl (C=O) groups excluding carboxylic acids is 1. The first-order valence-corrected chi connectivity index (χ1v) is 7.11. The van der Waals surface area contributed by atoms with Gasteiger partial charge in [0, 0.05) is 18.4 Å². The second-order valence-corrected chi connectivity index (χ2v) is 4.93. The Hall–Kier alpha value is -2.36. The van der Waals surface area contributed by atoms with E-state index in [1.807, 2.05) is 50.2 Å². The number of hydrogen-bond acceptors (Lipinski definition) is 3. The zero-order valence-electron chi connectivity index (χ0n) is 12.4. The van der Waals surface area contributed by atoms with Gasteiger partial charge in [-0.3, -0.25) is 9.78 Å². The van der Waals surface area contributed by atoms with Crippen LogP contribution in [0.3, 0.4) is 0 Å². The molecule has 0 aliphatic carbocycles. The number of pyridine rings is 1. The van der Waals surface area contributed by atoms with Crippen molar-refractivity contribution in [3.8, 4) is 16.9 Å². The highest BCUT2D eigenvalue weighted by Crippen LogP contribution is 2.23. The molecule has 4 nitrogen and oxygen atoms in total. The maximum Gasteiger partial charge on any atom is 0.258 e. The van der Waals surface area contributed by atoms with Gasteiger partial charge in [-0.1, -0.05) is 19.1 Å². The van der Waals surface area contributed by atoms with E-state index in [2.05, 4.69) is 10.3 Å². The molecular formula is C17H20N2O2. The smallest absolute Gasteiger partial charge is 0.258 e. The summed E-state index contributed by atoms with van der Waals surface area (Å²) in [6.45, 7) is 4.04. The Balaban J connectivity index is 1.97. The normalized spacial score (nSPS) is 11.7. The third-order valence-electron chi connectivity index (χ3n) is 3.24. The van der Waals surface area contributed by atoms with Crippen molar-refractivity contribution in [1.82, 2.24) is 10.3 Å². The first-order chi connectivity index (χ1) is 10.2. The summed E-state index contributed by atoms with van der Waals surface area (Å²) in [7, 11) is 0. The lowest BCUT2D eigenvalue weighted by molar-refractivity contribution is -0.123. The lowest BCUT2D eigenvalue weighted by Gasteiger charge is -2.12. The standard InChI is InChI=1S/C17H20N2O2/c1-3-13(2)19-17(20)12-21-16-6-4-5-15(11-16)14-7-9-18-10-8-14/h4-11,13H,3,12H2,1-2H3,(H,19,20)/t13-/m0/s1. The fourth-order valence-corrected chi connectivity index (χ4v) is 1.88. The van der Waals surface area contributed by atoms with Crippen LogP contribution in [0.5, 0.6) is 5.75 Å². The number of ether oxygens (including phenoxy) is 1. The summed E-state index contributed by atoms with van der Waals surface area (Å²) >= 11 is 0. The number of hydrogen-bond donors (Lipinski definition) is 1. The molecule has 0 unspecified atom stereocenters. The van der Waals surface area contributed by atoms with Gasteiger partial charge in [-0.2, -0.15) is 0 Å². The van der Waals surface area contributed by atoms with Crippen LogP contribution in [0.4, 0.5) is 0 Å². The summed E-state index contributed by atoms with van der Waals surface area (Å²) in [5.41, 5.74) is 2.11. The molecule has 0 saturated heterocycles. The summed E-state index contributed by atoms with van der Waals surface area (Å²) in [5.74, 6) is 0.585. The van der Waals surface area contributed by atoms with E-state index in [1.165, 1.54) is 0 Å². The van der Waals surface area contributed by atoms with E-state index in [4.69, 9.17) is 4.74 Å². The van der Waals surface area contributed by atoms with Crippen LogP contribution in [-0.4, -0.2) is 23.5 Å². The van der Waals surface area contributed by atoms with Gasteiger partial charge < -0.3 is 10.1 Å². The molecule has 0 aliphatic rings. The van der Waals surface area contributed by atoms with E-state index in [1.54, 1.807) is 12.4 Å². The number of rotatable bonds is 6. The van der Waals surface area contributed by atoms with E-state index >= 15 is 0 Å². The monoisotopic (exact) mass is 284 g/mol. The summed E-state index contributed by atoms with van der Waals surface area (Å²) in [6.07, 6.45) is 4.41. The van der Waals surface area contributed by atoms with Crippen molar-refractivity contribution in [3.63, 3.8) is 0 Å². The van der Waals surface area contributed by atoms with Gasteiger partial charge in [0.1, 0.15) is 5.75 Å². The molecule has 0 aliphatic heterocycles. The maximum absolute atomic E-state index is 11.7. The average molecular weight is 284 g/mol. The maximum atomic E-state index is 11.7. The molecule has 1 aromatic heterocycles. The fourth-order valence-electron chi connectivity index (χ4n) is 1.88. The van der Waals surface area contributed by atoms with Crippen molar-refractivity contribution < 1.29 is 9.53 Å². The predicted octanol–water partition coefficient (Wildman–Crippen LogP) is 3.04. The van der Waals surface area contributed by atoms with Crippen LogP contribution < -0.4 is 10.1 Å². The van der Waals surface area contributed by atoms with Crippen molar-refractivity contribution in [2.24, 2.45) is 0 Å². The molecule has 0 saturated carbocycles. The van der Waals surface area contributed by atoms with Gasteiger partial charge in [0.05, 0.1) is 0 Å². The third-order valence-corrected chi connectivity index (χ3v) is 3.24. The van der Waals surface area contributed by atoms with Crippen molar-refractivity contribution in [2.45, 2.75) is 26.3 Å². The zero-order chi connectivity index (χ0) is 15.1. The van der Waals surface area contributed by atoms with Crippen molar-refractivity contribution in [2.75, 3.05) is 6.61 Å². The summed E-state index contributed by atoms with van der Waals surface area (Å²) in [5, 5.41) is 2.87. The van der Waals surface area contributed by atoms with Gasteiger partial charge in [0.25, 0.3) is 5.91 Å². The lowest BCUT2D eigenvalue weighted by Crippen LogP contribution is -2.35. The molecule has 110 valence electrons. The summed E-state index contributed by atoms with van der Waals surface area (Å²) in [6, 6.07) is 11.7. The minimum Gasteiger partial charge on any atom is -0.484 e. The average Bonchev–Trinajstić information content (AvgIpc) is 2.54.